The van der Waals surface area contributed by atoms with Crippen LogP contribution in [0, 0.1) is 6.92 Å². The fraction of sp³-hybridized carbons (Fsp3) is 0.0968. The first-order valence-electron chi connectivity index (χ1n) is 12.4. The largest absolute Gasteiger partial charge is 0.478 e. The molecule has 0 aliphatic rings. The van der Waals surface area contributed by atoms with Crippen molar-refractivity contribution < 1.29 is 33.8 Å². The Morgan fingerprint density at radius 1 is 0.634 bits per heavy atom. The quantitative estimate of drug-likeness (QED) is 0.185. The highest BCUT2D eigenvalue weighted by atomic mass is 16.6. The maximum atomic E-state index is 13.3. The number of aryl methyl sites for hydroxylation is 1. The molecule has 10 nitrogen and oxygen atoms in total. The lowest BCUT2D eigenvalue weighted by Gasteiger charge is -2.23. The molecule has 4 aromatic carbocycles. The molecule has 206 valence electrons. The zero-order chi connectivity index (χ0) is 29.2. The summed E-state index contributed by atoms with van der Waals surface area (Å²) < 4.78 is 10.5. The second-order valence-electron chi connectivity index (χ2n) is 8.79. The lowest BCUT2D eigenvalue weighted by molar-refractivity contribution is -0.157. The predicted octanol–water partition coefficient (Wildman–Crippen LogP) is 5.88. The highest BCUT2D eigenvalue weighted by molar-refractivity contribution is 6.01. The third-order valence-corrected chi connectivity index (χ3v) is 5.71. The number of aliphatic carboxylic acids is 1. The molecule has 4 aromatic rings. The Morgan fingerprint density at radius 2 is 1.07 bits per heavy atom. The topological polar surface area (TPSA) is 144 Å². The molecule has 2 N–H and O–H groups in total. The Hall–Kier alpha value is -5.64. The molecule has 0 aliphatic carbocycles. The first kappa shape index (κ1) is 28.4. The average Bonchev–Trinajstić information content (AvgIpc) is 2.99. The van der Waals surface area contributed by atoms with Crippen molar-refractivity contribution in [3.8, 4) is 0 Å². The van der Waals surface area contributed by atoms with Crippen molar-refractivity contribution in [2.75, 3.05) is 5.32 Å². The van der Waals surface area contributed by atoms with Gasteiger partial charge in [0.05, 0.1) is 22.5 Å². The predicted molar refractivity (Wildman–Crippen MR) is 149 cm³/mol. The molecule has 0 unspecified atom stereocenters. The number of hydrogen-bond acceptors (Lipinski definition) is 8. The van der Waals surface area contributed by atoms with Crippen LogP contribution in [-0.4, -0.2) is 41.1 Å². The maximum Gasteiger partial charge on any atom is 0.349 e. The van der Waals surface area contributed by atoms with Crippen LogP contribution in [0.15, 0.2) is 119 Å². The summed E-state index contributed by atoms with van der Waals surface area (Å²) in [6.45, 7) is 1.97. The summed E-state index contributed by atoms with van der Waals surface area (Å²) in [6.07, 6.45) is -4.16. The van der Waals surface area contributed by atoms with Crippen LogP contribution >= 0.6 is 0 Å². The number of carboxylic acids is 1. The van der Waals surface area contributed by atoms with Gasteiger partial charge in [0.15, 0.2) is 0 Å². The standard InChI is InChI=1S/C31H25N3O7/c1-20-12-14-24(15-13-20)33-34-25-18-16-23(17-19-25)32-28(35)26(40-30(38)21-8-4-2-5-9-21)27(29(36)37)41-31(39)22-10-6-3-7-11-22/h2-19,26-27H,1H3,(H,32,35)(H,36,37)/t26-,27+/m1/s1. The SMILES string of the molecule is Cc1ccc(N=Nc2ccc(NC(=O)[C@H](OC(=O)c3ccccc3)[C@H](OC(=O)c3ccccc3)C(=O)O)cc2)cc1. The molecule has 0 heterocycles. The van der Waals surface area contributed by atoms with Gasteiger partial charge in [0.25, 0.3) is 5.91 Å². The lowest BCUT2D eigenvalue weighted by Crippen LogP contribution is -2.48. The van der Waals surface area contributed by atoms with Gasteiger partial charge in [-0.05, 0) is 67.6 Å². The monoisotopic (exact) mass is 551 g/mol. The van der Waals surface area contributed by atoms with Crippen molar-refractivity contribution in [2.45, 2.75) is 19.1 Å². The normalized spacial score (nSPS) is 12.2. The van der Waals surface area contributed by atoms with Gasteiger partial charge in [-0.3, -0.25) is 4.79 Å². The molecule has 0 aromatic heterocycles. The van der Waals surface area contributed by atoms with Crippen molar-refractivity contribution in [2.24, 2.45) is 10.2 Å². The number of esters is 2. The van der Waals surface area contributed by atoms with Crippen molar-refractivity contribution in [3.05, 3.63) is 126 Å². The summed E-state index contributed by atoms with van der Waals surface area (Å²) >= 11 is 0. The lowest BCUT2D eigenvalue weighted by atomic mass is 10.1. The van der Waals surface area contributed by atoms with Crippen LogP contribution in [0.3, 0.4) is 0 Å². The van der Waals surface area contributed by atoms with Crippen LogP contribution in [0.1, 0.15) is 26.3 Å². The highest BCUT2D eigenvalue weighted by Gasteiger charge is 2.41. The van der Waals surface area contributed by atoms with Gasteiger partial charge in [-0.2, -0.15) is 10.2 Å². The summed E-state index contributed by atoms with van der Waals surface area (Å²) in [5, 5.41) is 20.7. The van der Waals surface area contributed by atoms with Crippen LogP contribution in [0.25, 0.3) is 0 Å². The third-order valence-electron chi connectivity index (χ3n) is 5.71. The van der Waals surface area contributed by atoms with Crippen LogP contribution in [0.4, 0.5) is 17.1 Å². The number of azo groups is 1. The fourth-order valence-electron chi connectivity index (χ4n) is 3.56. The summed E-state index contributed by atoms with van der Waals surface area (Å²) in [6, 6.07) is 29.0. The van der Waals surface area contributed by atoms with Gasteiger partial charge in [-0.1, -0.05) is 54.1 Å². The maximum absolute atomic E-state index is 13.3. The van der Waals surface area contributed by atoms with E-state index in [1.165, 1.54) is 36.4 Å². The van der Waals surface area contributed by atoms with Crippen LogP contribution in [-0.2, 0) is 19.1 Å². The van der Waals surface area contributed by atoms with E-state index < -0.39 is 36.0 Å². The van der Waals surface area contributed by atoms with Gasteiger partial charge >= 0.3 is 17.9 Å². The van der Waals surface area contributed by atoms with E-state index >= 15 is 0 Å². The van der Waals surface area contributed by atoms with Crippen LogP contribution in [0.5, 0.6) is 0 Å². The smallest absolute Gasteiger partial charge is 0.349 e. The fourth-order valence-corrected chi connectivity index (χ4v) is 3.56. The molecular formula is C31H25N3O7. The number of rotatable bonds is 10. The molecule has 0 aliphatic heterocycles. The minimum absolute atomic E-state index is 0.0580. The number of benzene rings is 4. The van der Waals surface area contributed by atoms with Crippen molar-refractivity contribution in [3.63, 3.8) is 0 Å². The Kier molecular flexibility index (Phi) is 9.29. The van der Waals surface area contributed by atoms with Gasteiger partial charge in [0, 0.05) is 5.69 Å². The van der Waals surface area contributed by atoms with Crippen LogP contribution < -0.4 is 5.32 Å². The number of carbonyl (C=O) groups excluding carboxylic acids is 3. The number of carbonyl (C=O) groups is 4. The molecule has 1 amide bonds. The van der Waals surface area contributed by atoms with Crippen LogP contribution in [0.2, 0.25) is 0 Å². The number of hydrogen-bond donors (Lipinski definition) is 2. The minimum Gasteiger partial charge on any atom is -0.478 e. The number of anilines is 1. The molecule has 4 rings (SSSR count). The van der Waals surface area contributed by atoms with E-state index in [1.807, 2.05) is 31.2 Å². The van der Waals surface area contributed by atoms with Crippen molar-refractivity contribution in [1.82, 2.24) is 0 Å². The Labute approximate surface area is 235 Å². The first-order chi connectivity index (χ1) is 19.8. The molecule has 0 radical (unpaired) electrons. The van der Waals surface area contributed by atoms with E-state index in [0.717, 1.165) is 5.56 Å². The van der Waals surface area contributed by atoms with Gasteiger partial charge in [-0.15, -0.1) is 0 Å². The van der Waals surface area contributed by atoms with E-state index in [1.54, 1.807) is 48.5 Å². The average molecular weight is 552 g/mol. The van der Waals surface area contributed by atoms with E-state index in [9.17, 15) is 24.3 Å². The molecule has 41 heavy (non-hydrogen) atoms. The first-order valence-corrected chi connectivity index (χ1v) is 12.4. The molecule has 0 bridgehead atoms. The molecular weight excluding hydrogens is 526 g/mol. The summed E-state index contributed by atoms with van der Waals surface area (Å²) in [5.41, 5.74) is 2.65. The summed E-state index contributed by atoms with van der Waals surface area (Å²) in [7, 11) is 0. The van der Waals surface area contributed by atoms with Gasteiger partial charge in [0.1, 0.15) is 0 Å². The summed E-state index contributed by atoms with van der Waals surface area (Å²) in [4.78, 5) is 50.9. The molecule has 0 saturated heterocycles. The van der Waals surface area contributed by atoms with Gasteiger partial charge < -0.3 is 19.9 Å². The molecule has 2 atom stereocenters. The Bertz CT molecular complexity index is 1540. The number of nitrogens with one attached hydrogen (secondary N) is 1. The molecule has 0 spiro atoms. The van der Waals surface area contributed by atoms with E-state index in [2.05, 4.69) is 15.5 Å². The number of carboxylic acid groups (broad SMARTS) is 1. The Morgan fingerprint density at radius 3 is 1.54 bits per heavy atom. The van der Waals surface area contributed by atoms with Gasteiger partial charge in [-0.25, -0.2) is 14.4 Å². The second kappa shape index (κ2) is 13.4. The summed E-state index contributed by atoms with van der Waals surface area (Å²) in [5.74, 6) is -4.67. The zero-order valence-corrected chi connectivity index (χ0v) is 21.8. The second-order valence-corrected chi connectivity index (χ2v) is 8.79. The van der Waals surface area contributed by atoms with Crippen molar-refractivity contribution in [1.29, 1.82) is 0 Å². The Balaban J connectivity index is 1.53. The van der Waals surface area contributed by atoms with E-state index in [4.69, 9.17) is 9.47 Å². The highest BCUT2D eigenvalue weighted by Crippen LogP contribution is 2.22. The van der Waals surface area contributed by atoms with Gasteiger partial charge in [0.2, 0.25) is 12.2 Å². The van der Waals surface area contributed by atoms with E-state index in [0.29, 0.717) is 11.4 Å². The number of ether oxygens (including phenoxy) is 2. The van der Waals surface area contributed by atoms with Crippen molar-refractivity contribution >= 4 is 40.9 Å². The van der Waals surface area contributed by atoms with E-state index in [-0.39, 0.29) is 16.8 Å². The number of amides is 1. The molecule has 10 heteroatoms. The third kappa shape index (κ3) is 7.93. The minimum atomic E-state index is -2.14. The number of nitrogens with zero attached hydrogens (tertiary/aromatic N) is 2. The molecule has 0 saturated carbocycles. The zero-order valence-electron chi connectivity index (χ0n) is 21.8. The molecule has 0 fully saturated rings.